The first-order valence-corrected chi connectivity index (χ1v) is 7.99. The summed E-state index contributed by atoms with van der Waals surface area (Å²) in [5, 5.41) is 2.23. The van der Waals surface area contributed by atoms with Gasteiger partial charge in [-0.2, -0.15) is 0 Å². The van der Waals surface area contributed by atoms with Gasteiger partial charge in [-0.3, -0.25) is 4.79 Å². The van der Waals surface area contributed by atoms with Crippen molar-refractivity contribution in [2.45, 2.75) is 68.4 Å². The summed E-state index contributed by atoms with van der Waals surface area (Å²) in [6, 6.07) is -0.216. The second kappa shape index (κ2) is 6.17. The van der Waals surface area contributed by atoms with Gasteiger partial charge in [-0.05, 0) is 31.1 Å². The molecule has 0 aromatic rings. The molecule has 19 heavy (non-hydrogen) atoms. The molecule has 5 heteroatoms. The van der Waals surface area contributed by atoms with Gasteiger partial charge < -0.3 is 5.32 Å². The highest BCUT2D eigenvalue weighted by Gasteiger charge is 2.49. The number of carbonyl (C=O) groups excluding carboxylic acids is 1. The van der Waals surface area contributed by atoms with Gasteiger partial charge in [0.2, 0.25) is 6.41 Å². The minimum atomic E-state index is -0.979. The van der Waals surface area contributed by atoms with Crippen LogP contribution in [0.4, 0.5) is 4.39 Å². The molecule has 2 aliphatic carbocycles. The van der Waals surface area contributed by atoms with Gasteiger partial charge in [-0.25, -0.2) is 4.39 Å². The molecule has 0 saturated heterocycles. The van der Waals surface area contributed by atoms with E-state index in [-0.39, 0.29) is 22.8 Å². The number of halogens is 3. The van der Waals surface area contributed by atoms with Crippen molar-refractivity contribution in [3.8, 4) is 0 Å². The fourth-order valence-electron chi connectivity index (χ4n) is 3.85. The maximum Gasteiger partial charge on any atom is 0.207 e. The van der Waals surface area contributed by atoms with Crippen LogP contribution >= 0.6 is 23.2 Å². The third kappa shape index (κ3) is 3.02. The van der Waals surface area contributed by atoms with Gasteiger partial charge in [-0.15, -0.1) is 23.2 Å². The smallest absolute Gasteiger partial charge is 0.207 e. The number of rotatable bonds is 4. The summed E-state index contributed by atoms with van der Waals surface area (Å²) in [4.78, 5) is 10.9. The molecular weight excluding hydrogens is 288 g/mol. The lowest BCUT2D eigenvalue weighted by atomic mass is 9.69. The molecule has 2 rings (SSSR count). The van der Waals surface area contributed by atoms with Crippen LogP contribution in [0.15, 0.2) is 0 Å². The van der Waals surface area contributed by atoms with E-state index in [0.29, 0.717) is 19.3 Å². The zero-order valence-electron chi connectivity index (χ0n) is 11.2. The average Bonchev–Trinajstić information content (AvgIpc) is 2.81. The second-order valence-corrected chi connectivity index (χ2v) is 7.32. The summed E-state index contributed by atoms with van der Waals surface area (Å²) in [5.74, 6) is -0.383. The average molecular weight is 310 g/mol. The number of nitrogens with one attached hydrogen (secondary N) is 1. The van der Waals surface area contributed by atoms with E-state index in [0.717, 1.165) is 25.7 Å². The highest BCUT2D eigenvalue weighted by molar-refractivity contribution is 6.30. The highest BCUT2D eigenvalue weighted by Crippen LogP contribution is 2.47. The molecule has 0 aliphatic heterocycles. The van der Waals surface area contributed by atoms with Gasteiger partial charge in [0.1, 0.15) is 6.17 Å². The van der Waals surface area contributed by atoms with Gasteiger partial charge >= 0.3 is 0 Å². The standard InChI is InChI=1S/C14H22Cl2FNO/c1-14(6-2-3-7-14)13(18-8-19)11-10(17)5-4-9(15)12(11)16/h8-13H,2-7H2,1H3,(H,18,19)/t9?,10?,11?,12?,13-/m1/s1. The summed E-state index contributed by atoms with van der Waals surface area (Å²) >= 11 is 12.6. The van der Waals surface area contributed by atoms with E-state index in [9.17, 15) is 9.18 Å². The highest BCUT2D eigenvalue weighted by atomic mass is 35.5. The van der Waals surface area contributed by atoms with Gasteiger partial charge in [0.25, 0.3) is 0 Å². The summed E-state index contributed by atoms with van der Waals surface area (Å²) in [5.41, 5.74) is -0.0585. The second-order valence-electron chi connectivity index (χ2n) is 6.25. The normalized spacial score (nSPS) is 39.8. The lowest BCUT2D eigenvalue weighted by Gasteiger charge is -2.45. The first-order chi connectivity index (χ1) is 8.99. The molecular formula is C14H22Cl2FNO. The molecule has 0 bridgehead atoms. The lowest BCUT2D eigenvalue weighted by molar-refractivity contribution is -0.112. The van der Waals surface area contributed by atoms with Gasteiger partial charge in [0.15, 0.2) is 0 Å². The summed E-state index contributed by atoms with van der Waals surface area (Å²) < 4.78 is 14.4. The fourth-order valence-corrected chi connectivity index (χ4v) is 4.57. The summed E-state index contributed by atoms with van der Waals surface area (Å²) in [6.07, 6.45) is 5.04. The number of amides is 1. The minimum Gasteiger partial charge on any atom is -0.355 e. The van der Waals surface area contributed by atoms with Crippen LogP contribution in [-0.2, 0) is 4.79 Å². The Kier molecular flexibility index (Phi) is 4.99. The van der Waals surface area contributed by atoms with Gasteiger partial charge in [-0.1, -0.05) is 19.8 Å². The van der Waals surface area contributed by atoms with E-state index in [1.807, 2.05) is 0 Å². The minimum absolute atomic E-state index is 0.0585. The van der Waals surface area contributed by atoms with Gasteiger partial charge in [0.05, 0.1) is 10.8 Å². The molecule has 4 unspecified atom stereocenters. The van der Waals surface area contributed by atoms with Crippen LogP contribution < -0.4 is 5.32 Å². The fraction of sp³-hybridized carbons (Fsp3) is 0.929. The van der Waals surface area contributed by atoms with Crippen LogP contribution in [0.1, 0.15) is 45.4 Å². The van der Waals surface area contributed by atoms with Crippen molar-refractivity contribution in [2.75, 3.05) is 0 Å². The quantitative estimate of drug-likeness (QED) is 0.623. The number of hydrogen-bond donors (Lipinski definition) is 1. The maximum absolute atomic E-state index is 14.4. The Morgan fingerprint density at radius 1 is 1.32 bits per heavy atom. The van der Waals surface area contributed by atoms with E-state index >= 15 is 0 Å². The van der Waals surface area contributed by atoms with Crippen molar-refractivity contribution in [2.24, 2.45) is 11.3 Å². The zero-order valence-corrected chi connectivity index (χ0v) is 12.8. The lowest BCUT2D eigenvalue weighted by Crippen LogP contribution is -2.56. The van der Waals surface area contributed by atoms with Crippen molar-refractivity contribution < 1.29 is 9.18 Å². The SMILES string of the molecule is CC1([C@H](NC=O)C2C(F)CCC(Cl)C2Cl)CCCC1. The van der Waals surface area contributed by atoms with Crippen LogP contribution in [0.2, 0.25) is 0 Å². The molecule has 0 heterocycles. The predicted octanol–water partition coefficient (Wildman–Crippen LogP) is 3.64. The van der Waals surface area contributed by atoms with E-state index in [2.05, 4.69) is 12.2 Å². The number of hydrogen-bond acceptors (Lipinski definition) is 1. The Bertz CT molecular complexity index is 323. The van der Waals surface area contributed by atoms with E-state index in [1.165, 1.54) is 0 Å². The third-order valence-corrected chi connectivity index (χ3v) is 6.19. The molecule has 2 aliphatic rings. The van der Waals surface area contributed by atoms with Gasteiger partial charge in [0, 0.05) is 12.0 Å². The molecule has 0 spiro atoms. The van der Waals surface area contributed by atoms with E-state index in [1.54, 1.807) is 0 Å². The van der Waals surface area contributed by atoms with Crippen LogP contribution in [0, 0.1) is 11.3 Å². The Morgan fingerprint density at radius 3 is 2.53 bits per heavy atom. The van der Waals surface area contributed by atoms with Crippen LogP contribution in [-0.4, -0.2) is 29.4 Å². The molecule has 0 radical (unpaired) electrons. The van der Waals surface area contributed by atoms with Crippen molar-refractivity contribution >= 4 is 29.6 Å². The zero-order chi connectivity index (χ0) is 14.0. The Balaban J connectivity index is 2.23. The van der Waals surface area contributed by atoms with Crippen molar-refractivity contribution in [1.82, 2.24) is 5.32 Å². The molecule has 2 saturated carbocycles. The molecule has 0 aromatic carbocycles. The summed E-state index contributed by atoms with van der Waals surface area (Å²) in [6.45, 7) is 2.13. The van der Waals surface area contributed by atoms with Crippen molar-refractivity contribution in [3.05, 3.63) is 0 Å². The molecule has 1 amide bonds. The maximum atomic E-state index is 14.4. The molecule has 2 nitrogen and oxygen atoms in total. The first kappa shape index (κ1) is 15.4. The molecule has 2 fully saturated rings. The monoisotopic (exact) mass is 309 g/mol. The Morgan fingerprint density at radius 2 is 1.95 bits per heavy atom. The predicted molar refractivity (Wildman–Crippen MR) is 76.5 cm³/mol. The largest absolute Gasteiger partial charge is 0.355 e. The van der Waals surface area contributed by atoms with E-state index < -0.39 is 11.5 Å². The molecule has 1 N–H and O–H groups in total. The molecule has 110 valence electrons. The third-order valence-electron chi connectivity index (χ3n) is 4.98. The van der Waals surface area contributed by atoms with E-state index in [4.69, 9.17) is 23.2 Å². The number of alkyl halides is 3. The van der Waals surface area contributed by atoms with Crippen LogP contribution in [0.3, 0.4) is 0 Å². The van der Waals surface area contributed by atoms with Crippen molar-refractivity contribution in [3.63, 3.8) is 0 Å². The number of carbonyl (C=O) groups is 1. The van der Waals surface area contributed by atoms with Crippen LogP contribution in [0.5, 0.6) is 0 Å². The topological polar surface area (TPSA) is 29.1 Å². The van der Waals surface area contributed by atoms with Crippen molar-refractivity contribution in [1.29, 1.82) is 0 Å². The summed E-state index contributed by atoms with van der Waals surface area (Å²) in [7, 11) is 0. The Labute approximate surface area is 124 Å². The molecule has 0 aromatic heterocycles. The molecule has 5 atom stereocenters. The van der Waals surface area contributed by atoms with Crippen LogP contribution in [0.25, 0.3) is 0 Å². The first-order valence-electron chi connectivity index (χ1n) is 7.11. The Hall–Kier alpha value is -0.0200.